The van der Waals surface area contributed by atoms with Crippen LogP contribution in [0.25, 0.3) is 0 Å². The fraction of sp³-hybridized carbons (Fsp3) is 0.500. The molecule has 0 aliphatic carbocycles. The van der Waals surface area contributed by atoms with Gasteiger partial charge in [0.05, 0.1) is 7.11 Å². The number of methoxy groups -OCH3 is 1. The van der Waals surface area contributed by atoms with Crippen molar-refractivity contribution < 1.29 is 9.13 Å². The Kier molecular flexibility index (Phi) is 5.54. The van der Waals surface area contributed by atoms with Gasteiger partial charge < -0.3 is 4.74 Å². The van der Waals surface area contributed by atoms with E-state index in [1.807, 2.05) is 17.8 Å². The number of rotatable bonds is 6. The van der Waals surface area contributed by atoms with E-state index in [0.717, 1.165) is 17.1 Å². The van der Waals surface area contributed by atoms with E-state index in [4.69, 9.17) is 4.74 Å². The Labute approximate surface area is 95.0 Å². The summed E-state index contributed by atoms with van der Waals surface area (Å²) in [7, 11) is 1.48. The average molecular weight is 228 g/mol. The van der Waals surface area contributed by atoms with Gasteiger partial charge in [-0.3, -0.25) is 0 Å². The zero-order valence-electron chi connectivity index (χ0n) is 9.25. The SMILES string of the molecule is CCCCSCc1ccc(OC)c(F)c1. The van der Waals surface area contributed by atoms with Gasteiger partial charge >= 0.3 is 0 Å². The zero-order chi connectivity index (χ0) is 11.1. The van der Waals surface area contributed by atoms with Crippen molar-refractivity contribution in [2.45, 2.75) is 25.5 Å². The number of benzene rings is 1. The predicted octanol–water partition coefficient (Wildman–Crippen LogP) is 3.87. The highest BCUT2D eigenvalue weighted by Crippen LogP contribution is 2.21. The zero-order valence-corrected chi connectivity index (χ0v) is 10.1. The van der Waals surface area contributed by atoms with Crippen LogP contribution in [0.4, 0.5) is 4.39 Å². The third-order valence-corrected chi connectivity index (χ3v) is 3.24. The Balaban J connectivity index is 2.45. The Morgan fingerprint density at radius 1 is 1.40 bits per heavy atom. The summed E-state index contributed by atoms with van der Waals surface area (Å²) < 4.78 is 18.2. The molecule has 0 saturated carbocycles. The summed E-state index contributed by atoms with van der Waals surface area (Å²) in [5.74, 6) is 2.06. The van der Waals surface area contributed by atoms with E-state index in [0.29, 0.717) is 5.75 Å². The molecule has 1 aromatic carbocycles. The maximum atomic E-state index is 13.3. The molecule has 0 unspecified atom stereocenters. The lowest BCUT2D eigenvalue weighted by atomic mass is 10.2. The summed E-state index contributed by atoms with van der Waals surface area (Å²) in [5, 5.41) is 0. The molecule has 1 nitrogen and oxygen atoms in total. The number of hydrogen-bond donors (Lipinski definition) is 0. The summed E-state index contributed by atoms with van der Waals surface area (Å²) in [6.45, 7) is 2.17. The first-order chi connectivity index (χ1) is 7.27. The second-order valence-electron chi connectivity index (χ2n) is 3.38. The highest BCUT2D eigenvalue weighted by atomic mass is 32.2. The van der Waals surface area contributed by atoms with Gasteiger partial charge in [-0.1, -0.05) is 19.4 Å². The second kappa shape index (κ2) is 6.72. The van der Waals surface area contributed by atoms with E-state index in [2.05, 4.69) is 6.92 Å². The molecule has 0 bridgehead atoms. The molecule has 3 heteroatoms. The van der Waals surface area contributed by atoms with Gasteiger partial charge in [0.15, 0.2) is 11.6 Å². The molecule has 15 heavy (non-hydrogen) atoms. The van der Waals surface area contributed by atoms with Gasteiger partial charge in [0.2, 0.25) is 0 Å². The Bertz CT molecular complexity index is 302. The fourth-order valence-electron chi connectivity index (χ4n) is 1.24. The Morgan fingerprint density at radius 3 is 2.80 bits per heavy atom. The maximum Gasteiger partial charge on any atom is 0.165 e. The lowest BCUT2D eigenvalue weighted by Crippen LogP contribution is -1.90. The van der Waals surface area contributed by atoms with Crippen molar-refractivity contribution in [1.29, 1.82) is 0 Å². The largest absolute Gasteiger partial charge is 0.494 e. The van der Waals surface area contributed by atoms with Gasteiger partial charge in [0.25, 0.3) is 0 Å². The maximum absolute atomic E-state index is 13.3. The summed E-state index contributed by atoms with van der Waals surface area (Å²) in [4.78, 5) is 0. The van der Waals surface area contributed by atoms with Crippen LogP contribution in [-0.2, 0) is 5.75 Å². The first-order valence-corrected chi connectivity index (χ1v) is 6.33. The number of unbranched alkanes of at least 4 members (excludes halogenated alkanes) is 1. The van der Waals surface area contributed by atoms with Crippen LogP contribution in [-0.4, -0.2) is 12.9 Å². The van der Waals surface area contributed by atoms with Gasteiger partial charge in [-0.05, 0) is 29.9 Å². The van der Waals surface area contributed by atoms with E-state index < -0.39 is 0 Å². The van der Waals surface area contributed by atoms with Crippen molar-refractivity contribution in [1.82, 2.24) is 0 Å². The molecule has 1 aromatic rings. The topological polar surface area (TPSA) is 9.23 Å². The minimum atomic E-state index is -0.272. The minimum absolute atomic E-state index is 0.272. The van der Waals surface area contributed by atoms with E-state index in [1.54, 1.807) is 12.1 Å². The van der Waals surface area contributed by atoms with E-state index in [-0.39, 0.29) is 5.82 Å². The average Bonchev–Trinajstić information content (AvgIpc) is 2.25. The molecule has 0 fully saturated rings. The summed E-state index contributed by atoms with van der Waals surface area (Å²) in [5.41, 5.74) is 1.02. The molecule has 0 N–H and O–H groups in total. The van der Waals surface area contributed by atoms with Crippen LogP contribution in [0.2, 0.25) is 0 Å². The molecule has 84 valence electrons. The highest BCUT2D eigenvalue weighted by molar-refractivity contribution is 7.98. The van der Waals surface area contributed by atoms with Crippen LogP contribution in [0.1, 0.15) is 25.3 Å². The normalized spacial score (nSPS) is 10.3. The standard InChI is InChI=1S/C12H17FOS/c1-3-4-7-15-9-10-5-6-12(14-2)11(13)8-10/h5-6,8H,3-4,7,9H2,1-2H3. The van der Waals surface area contributed by atoms with Crippen LogP contribution in [0.15, 0.2) is 18.2 Å². The summed E-state index contributed by atoms with van der Waals surface area (Å²) >= 11 is 1.85. The molecule has 0 radical (unpaired) electrons. The van der Waals surface area contributed by atoms with Crippen molar-refractivity contribution in [3.63, 3.8) is 0 Å². The van der Waals surface area contributed by atoms with Crippen molar-refractivity contribution in [2.24, 2.45) is 0 Å². The van der Waals surface area contributed by atoms with E-state index in [9.17, 15) is 4.39 Å². The lowest BCUT2D eigenvalue weighted by molar-refractivity contribution is 0.386. The van der Waals surface area contributed by atoms with Gasteiger partial charge in [0.1, 0.15) is 0 Å². The van der Waals surface area contributed by atoms with Gasteiger partial charge in [-0.25, -0.2) is 4.39 Å². The summed E-state index contributed by atoms with van der Waals surface area (Å²) in [6, 6.07) is 5.16. The molecule has 0 aliphatic rings. The van der Waals surface area contributed by atoms with Crippen molar-refractivity contribution >= 4 is 11.8 Å². The molecule has 0 heterocycles. The Hall–Kier alpha value is -0.700. The van der Waals surface area contributed by atoms with Crippen LogP contribution < -0.4 is 4.74 Å². The van der Waals surface area contributed by atoms with Crippen molar-refractivity contribution in [2.75, 3.05) is 12.9 Å². The molecule has 0 aliphatic heterocycles. The minimum Gasteiger partial charge on any atom is -0.494 e. The van der Waals surface area contributed by atoms with Gasteiger partial charge in [-0.15, -0.1) is 0 Å². The quantitative estimate of drug-likeness (QED) is 0.684. The monoisotopic (exact) mass is 228 g/mol. The van der Waals surface area contributed by atoms with E-state index >= 15 is 0 Å². The molecule has 0 saturated heterocycles. The van der Waals surface area contributed by atoms with Gasteiger partial charge in [-0.2, -0.15) is 11.8 Å². The fourth-order valence-corrected chi connectivity index (χ4v) is 2.29. The lowest BCUT2D eigenvalue weighted by Gasteiger charge is -2.04. The molecular weight excluding hydrogens is 211 g/mol. The summed E-state index contributed by atoms with van der Waals surface area (Å²) in [6.07, 6.45) is 2.44. The van der Waals surface area contributed by atoms with E-state index in [1.165, 1.54) is 20.0 Å². The molecule has 0 amide bonds. The number of ether oxygens (including phenoxy) is 1. The van der Waals surface area contributed by atoms with Crippen LogP contribution in [0.5, 0.6) is 5.75 Å². The van der Waals surface area contributed by atoms with Crippen LogP contribution >= 0.6 is 11.8 Å². The number of hydrogen-bond acceptors (Lipinski definition) is 2. The van der Waals surface area contributed by atoms with Crippen molar-refractivity contribution in [3.05, 3.63) is 29.6 Å². The van der Waals surface area contributed by atoms with Crippen LogP contribution in [0, 0.1) is 5.82 Å². The number of halogens is 1. The van der Waals surface area contributed by atoms with Crippen molar-refractivity contribution in [3.8, 4) is 5.75 Å². The third kappa shape index (κ3) is 4.12. The molecular formula is C12H17FOS. The second-order valence-corrected chi connectivity index (χ2v) is 4.48. The molecule has 0 atom stereocenters. The van der Waals surface area contributed by atoms with Gasteiger partial charge in [0, 0.05) is 5.75 Å². The smallest absolute Gasteiger partial charge is 0.165 e. The molecule has 0 spiro atoms. The predicted molar refractivity (Wildman–Crippen MR) is 64.0 cm³/mol. The molecule has 0 aromatic heterocycles. The highest BCUT2D eigenvalue weighted by Gasteiger charge is 2.02. The Morgan fingerprint density at radius 2 is 2.20 bits per heavy atom. The first-order valence-electron chi connectivity index (χ1n) is 5.18. The molecule has 1 rings (SSSR count). The van der Waals surface area contributed by atoms with Crippen LogP contribution in [0.3, 0.4) is 0 Å². The third-order valence-electron chi connectivity index (χ3n) is 2.13. The number of thioether (sulfide) groups is 1. The first kappa shape index (κ1) is 12.4.